The molecule has 13 heavy (non-hydrogen) atoms. The molecule has 0 amide bonds. The summed E-state index contributed by atoms with van der Waals surface area (Å²) in [5.74, 6) is -1.59. The van der Waals surface area contributed by atoms with Gasteiger partial charge >= 0.3 is 5.97 Å². The number of hydrogen-bond acceptors (Lipinski definition) is 3. The SMILES string of the molecule is CC(=O)O.CCOCCCC(=O)O. The first kappa shape index (κ1) is 14.4. The van der Waals surface area contributed by atoms with Gasteiger partial charge in [0.2, 0.25) is 0 Å². The molecule has 0 spiro atoms. The van der Waals surface area contributed by atoms with Crippen LogP contribution < -0.4 is 0 Å². The monoisotopic (exact) mass is 192 g/mol. The zero-order valence-corrected chi connectivity index (χ0v) is 7.95. The zero-order valence-electron chi connectivity index (χ0n) is 7.95. The molecule has 0 fully saturated rings. The Morgan fingerprint density at radius 2 is 1.77 bits per heavy atom. The summed E-state index contributed by atoms with van der Waals surface area (Å²) in [7, 11) is 0. The summed E-state index contributed by atoms with van der Waals surface area (Å²) in [4.78, 5) is 18.9. The molecule has 5 heteroatoms. The van der Waals surface area contributed by atoms with Crippen LogP contribution in [0.15, 0.2) is 0 Å². The van der Waals surface area contributed by atoms with E-state index in [4.69, 9.17) is 19.7 Å². The second-order valence-electron chi connectivity index (χ2n) is 2.21. The van der Waals surface area contributed by atoms with Gasteiger partial charge < -0.3 is 14.9 Å². The highest BCUT2D eigenvalue weighted by molar-refractivity contribution is 5.66. The molecule has 0 radical (unpaired) electrons. The number of carboxylic acids is 2. The maximum Gasteiger partial charge on any atom is 0.303 e. The molecular weight excluding hydrogens is 176 g/mol. The van der Waals surface area contributed by atoms with E-state index in [0.717, 1.165) is 6.92 Å². The summed E-state index contributed by atoms with van der Waals surface area (Å²) >= 11 is 0. The van der Waals surface area contributed by atoms with Crippen LogP contribution in [-0.2, 0) is 14.3 Å². The van der Waals surface area contributed by atoms with Gasteiger partial charge in [0.15, 0.2) is 0 Å². The van der Waals surface area contributed by atoms with Crippen molar-refractivity contribution in [2.24, 2.45) is 0 Å². The predicted octanol–water partition coefficient (Wildman–Crippen LogP) is 0.979. The van der Waals surface area contributed by atoms with Crippen LogP contribution in [0, 0.1) is 0 Å². The fourth-order valence-electron chi connectivity index (χ4n) is 0.470. The number of rotatable bonds is 5. The van der Waals surface area contributed by atoms with Crippen molar-refractivity contribution < 1.29 is 24.5 Å². The van der Waals surface area contributed by atoms with Gasteiger partial charge in [0.25, 0.3) is 5.97 Å². The minimum Gasteiger partial charge on any atom is -0.481 e. The summed E-state index contributed by atoms with van der Waals surface area (Å²) in [6, 6.07) is 0. The van der Waals surface area contributed by atoms with E-state index in [1.54, 1.807) is 0 Å². The van der Waals surface area contributed by atoms with Crippen LogP contribution in [0.5, 0.6) is 0 Å². The molecule has 0 aliphatic rings. The van der Waals surface area contributed by atoms with Crippen LogP contribution in [0.3, 0.4) is 0 Å². The molecule has 0 heterocycles. The van der Waals surface area contributed by atoms with E-state index in [1.807, 2.05) is 6.92 Å². The minimum absolute atomic E-state index is 0.208. The van der Waals surface area contributed by atoms with Gasteiger partial charge in [-0.25, -0.2) is 0 Å². The van der Waals surface area contributed by atoms with Crippen LogP contribution in [0.1, 0.15) is 26.7 Å². The minimum atomic E-state index is -0.833. The first-order valence-corrected chi connectivity index (χ1v) is 3.99. The molecule has 0 saturated heterocycles. The number of aliphatic carboxylic acids is 2. The van der Waals surface area contributed by atoms with Crippen molar-refractivity contribution in [3.63, 3.8) is 0 Å². The third-order valence-corrected chi connectivity index (χ3v) is 0.883. The summed E-state index contributed by atoms with van der Waals surface area (Å²) < 4.78 is 4.92. The predicted molar refractivity (Wildman–Crippen MR) is 46.7 cm³/mol. The zero-order chi connectivity index (χ0) is 10.7. The van der Waals surface area contributed by atoms with Crippen LogP contribution >= 0.6 is 0 Å². The summed E-state index contributed by atoms with van der Waals surface area (Å²) in [5.41, 5.74) is 0. The Morgan fingerprint density at radius 1 is 1.31 bits per heavy atom. The quantitative estimate of drug-likeness (QED) is 0.634. The fourth-order valence-corrected chi connectivity index (χ4v) is 0.470. The standard InChI is InChI=1S/C6H12O3.C2H4O2/c1-2-9-5-3-4-6(7)8;1-2(3)4/h2-5H2,1H3,(H,7,8);1H3,(H,3,4). The van der Waals surface area contributed by atoms with Crippen molar-refractivity contribution in [1.82, 2.24) is 0 Å². The lowest BCUT2D eigenvalue weighted by Gasteiger charge is -1.96. The lowest BCUT2D eigenvalue weighted by atomic mass is 10.3. The third-order valence-electron chi connectivity index (χ3n) is 0.883. The Hall–Kier alpha value is -1.10. The van der Waals surface area contributed by atoms with Gasteiger partial charge in [-0.15, -0.1) is 0 Å². The Kier molecular flexibility index (Phi) is 12.1. The van der Waals surface area contributed by atoms with E-state index < -0.39 is 11.9 Å². The number of hydrogen-bond donors (Lipinski definition) is 2. The van der Waals surface area contributed by atoms with Crippen LogP contribution in [0.25, 0.3) is 0 Å². The number of carboxylic acid groups (broad SMARTS) is 2. The molecule has 0 unspecified atom stereocenters. The molecule has 0 rings (SSSR count). The van der Waals surface area contributed by atoms with Crippen molar-refractivity contribution in [2.45, 2.75) is 26.7 Å². The smallest absolute Gasteiger partial charge is 0.303 e. The Morgan fingerprint density at radius 3 is 2.08 bits per heavy atom. The highest BCUT2D eigenvalue weighted by Crippen LogP contribution is 1.88. The Bertz CT molecular complexity index is 139. The Balaban J connectivity index is 0. The van der Waals surface area contributed by atoms with E-state index in [2.05, 4.69) is 0 Å². The molecule has 0 aromatic carbocycles. The van der Waals surface area contributed by atoms with Crippen molar-refractivity contribution in [2.75, 3.05) is 13.2 Å². The summed E-state index contributed by atoms with van der Waals surface area (Å²) in [6.07, 6.45) is 0.823. The molecule has 0 aromatic heterocycles. The first-order chi connectivity index (χ1) is 6.00. The molecular formula is C8H16O5. The van der Waals surface area contributed by atoms with Crippen molar-refractivity contribution in [3.05, 3.63) is 0 Å². The van der Waals surface area contributed by atoms with E-state index in [0.29, 0.717) is 19.6 Å². The summed E-state index contributed by atoms with van der Waals surface area (Å²) in [5, 5.41) is 15.6. The van der Waals surface area contributed by atoms with E-state index in [1.165, 1.54) is 0 Å². The molecule has 0 saturated carbocycles. The van der Waals surface area contributed by atoms with Gasteiger partial charge in [-0.05, 0) is 13.3 Å². The second kappa shape index (κ2) is 10.9. The topological polar surface area (TPSA) is 83.8 Å². The maximum absolute atomic E-state index is 9.91. The normalized spacial score (nSPS) is 8.46. The fraction of sp³-hybridized carbons (Fsp3) is 0.750. The van der Waals surface area contributed by atoms with Gasteiger partial charge in [0, 0.05) is 26.6 Å². The van der Waals surface area contributed by atoms with Crippen LogP contribution in [0.2, 0.25) is 0 Å². The number of ether oxygens (including phenoxy) is 1. The second-order valence-corrected chi connectivity index (χ2v) is 2.21. The van der Waals surface area contributed by atoms with E-state index >= 15 is 0 Å². The van der Waals surface area contributed by atoms with Gasteiger partial charge in [-0.1, -0.05) is 0 Å². The first-order valence-electron chi connectivity index (χ1n) is 3.99. The largest absolute Gasteiger partial charge is 0.481 e. The van der Waals surface area contributed by atoms with Crippen molar-refractivity contribution >= 4 is 11.9 Å². The van der Waals surface area contributed by atoms with Crippen LogP contribution in [-0.4, -0.2) is 35.4 Å². The molecule has 0 atom stereocenters. The highest BCUT2D eigenvalue weighted by atomic mass is 16.5. The average molecular weight is 192 g/mol. The van der Waals surface area contributed by atoms with Gasteiger partial charge in [0.1, 0.15) is 0 Å². The molecule has 2 N–H and O–H groups in total. The average Bonchev–Trinajstić information content (AvgIpc) is 1.97. The highest BCUT2D eigenvalue weighted by Gasteiger charge is 1.94. The van der Waals surface area contributed by atoms with E-state index in [-0.39, 0.29) is 6.42 Å². The van der Waals surface area contributed by atoms with Gasteiger partial charge in [0.05, 0.1) is 0 Å². The lowest BCUT2D eigenvalue weighted by molar-refractivity contribution is -0.137. The van der Waals surface area contributed by atoms with Gasteiger partial charge in [-0.3, -0.25) is 9.59 Å². The van der Waals surface area contributed by atoms with Crippen molar-refractivity contribution in [3.8, 4) is 0 Å². The molecule has 0 aliphatic heterocycles. The Labute approximate surface area is 77.3 Å². The lowest BCUT2D eigenvalue weighted by Crippen LogP contribution is -1.99. The van der Waals surface area contributed by atoms with E-state index in [9.17, 15) is 4.79 Å². The van der Waals surface area contributed by atoms with Crippen LogP contribution in [0.4, 0.5) is 0 Å². The summed E-state index contributed by atoms with van der Waals surface area (Å²) in [6.45, 7) is 4.20. The molecule has 0 aromatic rings. The molecule has 0 aliphatic carbocycles. The maximum atomic E-state index is 9.91. The third kappa shape index (κ3) is 36.0. The molecule has 5 nitrogen and oxygen atoms in total. The van der Waals surface area contributed by atoms with Gasteiger partial charge in [-0.2, -0.15) is 0 Å². The molecule has 78 valence electrons. The van der Waals surface area contributed by atoms with Crippen molar-refractivity contribution in [1.29, 1.82) is 0 Å². The number of carbonyl (C=O) groups is 2. The molecule has 0 bridgehead atoms.